The summed E-state index contributed by atoms with van der Waals surface area (Å²) in [7, 11) is 0. The third-order valence-electron chi connectivity index (χ3n) is 2.83. The molecule has 2 rings (SSSR count). The van der Waals surface area contributed by atoms with Gasteiger partial charge in [0.1, 0.15) is 5.82 Å². The van der Waals surface area contributed by atoms with Gasteiger partial charge in [-0.2, -0.15) is 0 Å². The highest BCUT2D eigenvalue weighted by atomic mass is 79.9. The molecule has 1 aliphatic rings. The molecule has 1 unspecified atom stereocenters. The lowest BCUT2D eigenvalue weighted by Gasteiger charge is -2.18. The van der Waals surface area contributed by atoms with Gasteiger partial charge >= 0.3 is 0 Å². The van der Waals surface area contributed by atoms with Crippen molar-refractivity contribution < 1.29 is 9.18 Å². The van der Waals surface area contributed by atoms with E-state index in [-0.39, 0.29) is 22.8 Å². The van der Waals surface area contributed by atoms with Crippen LogP contribution in [0.25, 0.3) is 10.4 Å². The van der Waals surface area contributed by atoms with Crippen molar-refractivity contribution in [1.29, 1.82) is 0 Å². The van der Waals surface area contributed by atoms with Crippen LogP contribution in [0.4, 0.5) is 10.1 Å². The molecule has 0 saturated carbocycles. The van der Waals surface area contributed by atoms with E-state index in [1.807, 2.05) is 0 Å². The van der Waals surface area contributed by atoms with Crippen molar-refractivity contribution in [3.8, 4) is 0 Å². The van der Waals surface area contributed by atoms with Crippen molar-refractivity contribution in [3.63, 3.8) is 0 Å². The molecule has 0 spiro atoms. The molecule has 0 bridgehead atoms. The largest absolute Gasteiger partial charge is 0.311 e. The number of halogens is 2. The van der Waals surface area contributed by atoms with E-state index in [1.165, 1.54) is 11.0 Å². The van der Waals surface area contributed by atoms with Crippen LogP contribution < -0.4 is 4.90 Å². The molecule has 7 heteroatoms. The fraction of sp³-hybridized carbons (Fsp3) is 0.364. The first-order chi connectivity index (χ1) is 8.63. The summed E-state index contributed by atoms with van der Waals surface area (Å²) in [6.07, 6.45) is 0.321. The SMILES string of the molecule is [N-]=[N+]=NCC1CC(=O)N(c2cccc(F)c2Br)C1. The van der Waals surface area contributed by atoms with Gasteiger partial charge in [-0.1, -0.05) is 11.2 Å². The summed E-state index contributed by atoms with van der Waals surface area (Å²) in [5.74, 6) is -0.498. The van der Waals surface area contributed by atoms with Crippen LogP contribution in [0.1, 0.15) is 6.42 Å². The van der Waals surface area contributed by atoms with Crippen LogP contribution in [-0.4, -0.2) is 19.0 Å². The van der Waals surface area contributed by atoms with E-state index in [9.17, 15) is 9.18 Å². The number of carbonyl (C=O) groups is 1. The first-order valence-electron chi connectivity index (χ1n) is 5.38. The van der Waals surface area contributed by atoms with Crippen LogP contribution in [-0.2, 0) is 4.79 Å². The van der Waals surface area contributed by atoms with Gasteiger partial charge in [0, 0.05) is 24.4 Å². The van der Waals surface area contributed by atoms with Crippen LogP contribution in [0, 0.1) is 11.7 Å². The average molecular weight is 313 g/mol. The van der Waals surface area contributed by atoms with Gasteiger partial charge in [-0.15, -0.1) is 0 Å². The van der Waals surface area contributed by atoms with Gasteiger partial charge in [0.05, 0.1) is 10.2 Å². The minimum Gasteiger partial charge on any atom is -0.311 e. The van der Waals surface area contributed by atoms with E-state index in [0.717, 1.165) is 0 Å². The second-order valence-electron chi connectivity index (χ2n) is 4.06. The van der Waals surface area contributed by atoms with Gasteiger partial charge in [-0.3, -0.25) is 4.79 Å². The maximum atomic E-state index is 13.4. The average Bonchev–Trinajstić information content (AvgIpc) is 2.71. The van der Waals surface area contributed by atoms with Crippen molar-refractivity contribution in [2.45, 2.75) is 6.42 Å². The number of anilines is 1. The molecule has 1 aromatic carbocycles. The Morgan fingerprint density at radius 1 is 1.61 bits per heavy atom. The number of hydrogen-bond acceptors (Lipinski definition) is 2. The molecular formula is C11H10BrFN4O. The second kappa shape index (κ2) is 5.37. The van der Waals surface area contributed by atoms with E-state index < -0.39 is 5.82 Å². The Kier molecular flexibility index (Phi) is 3.84. The van der Waals surface area contributed by atoms with Gasteiger partial charge in [0.15, 0.2) is 0 Å². The lowest BCUT2D eigenvalue weighted by atomic mass is 10.1. The van der Waals surface area contributed by atoms with Gasteiger partial charge < -0.3 is 4.90 Å². The molecule has 94 valence electrons. The first-order valence-corrected chi connectivity index (χ1v) is 6.18. The predicted octanol–water partition coefficient (Wildman–Crippen LogP) is 3.25. The highest BCUT2D eigenvalue weighted by molar-refractivity contribution is 9.10. The Labute approximate surface area is 111 Å². The molecule has 1 amide bonds. The van der Waals surface area contributed by atoms with Crippen molar-refractivity contribution in [2.75, 3.05) is 18.0 Å². The van der Waals surface area contributed by atoms with Gasteiger partial charge in [0.2, 0.25) is 5.91 Å². The molecule has 1 aliphatic heterocycles. The van der Waals surface area contributed by atoms with Crippen molar-refractivity contribution in [3.05, 3.63) is 38.9 Å². The molecule has 18 heavy (non-hydrogen) atoms. The quantitative estimate of drug-likeness (QED) is 0.480. The molecule has 1 atom stereocenters. The number of benzene rings is 1. The first kappa shape index (κ1) is 12.9. The highest BCUT2D eigenvalue weighted by Crippen LogP contribution is 2.33. The minimum absolute atomic E-state index is 0.0106. The maximum Gasteiger partial charge on any atom is 0.227 e. The number of amides is 1. The maximum absolute atomic E-state index is 13.4. The standard InChI is InChI=1S/C11H10BrFN4O/c12-11-8(13)2-1-3-9(11)17-6-7(4-10(17)18)5-15-16-14/h1-3,7H,4-6H2. The van der Waals surface area contributed by atoms with E-state index >= 15 is 0 Å². The normalized spacial score (nSPS) is 18.9. The molecule has 1 heterocycles. The molecule has 1 saturated heterocycles. The second-order valence-corrected chi connectivity index (χ2v) is 4.85. The Morgan fingerprint density at radius 2 is 2.39 bits per heavy atom. The summed E-state index contributed by atoms with van der Waals surface area (Å²) in [5, 5.41) is 3.47. The molecule has 0 aromatic heterocycles. The van der Waals surface area contributed by atoms with E-state index in [4.69, 9.17) is 5.53 Å². The number of carbonyl (C=O) groups excluding carboxylic acids is 1. The Bertz CT molecular complexity index is 530. The fourth-order valence-electron chi connectivity index (χ4n) is 1.99. The molecule has 1 fully saturated rings. The summed E-state index contributed by atoms with van der Waals surface area (Å²) in [6.45, 7) is 0.728. The van der Waals surface area contributed by atoms with Gasteiger partial charge in [0.25, 0.3) is 0 Å². The Balaban J connectivity index is 2.21. The summed E-state index contributed by atoms with van der Waals surface area (Å²) < 4.78 is 13.7. The topological polar surface area (TPSA) is 69.1 Å². The molecule has 0 aliphatic carbocycles. The zero-order valence-electron chi connectivity index (χ0n) is 9.38. The van der Waals surface area contributed by atoms with Crippen LogP contribution in [0.3, 0.4) is 0 Å². The number of rotatable bonds is 3. The van der Waals surface area contributed by atoms with E-state index in [0.29, 0.717) is 18.7 Å². The van der Waals surface area contributed by atoms with Gasteiger partial charge in [-0.25, -0.2) is 4.39 Å². The zero-order chi connectivity index (χ0) is 13.1. The third-order valence-corrected chi connectivity index (χ3v) is 3.62. The summed E-state index contributed by atoms with van der Waals surface area (Å²) in [5.41, 5.74) is 8.78. The summed E-state index contributed by atoms with van der Waals surface area (Å²) >= 11 is 3.14. The lowest BCUT2D eigenvalue weighted by Crippen LogP contribution is -2.25. The minimum atomic E-state index is -0.404. The fourth-order valence-corrected chi connectivity index (χ4v) is 2.47. The summed E-state index contributed by atoms with van der Waals surface area (Å²) in [4.78, 5) is 16.1. The molecule has 0 N–H and O–H groups in total. The Hall–Kier alpha value is -1.59. The van der Waals surface area contributed by atoms with Crippen LogP contribution in [0.15, 0.2) is 27.8 Å². The Morgan fingerprint density at radius 3 is 3.11 bits per heavy atom. The van der Waals surface area contributed by atoms with Crippen LogP contribution >= 0.6 is 15.9 Å². The lowest BCUT2D eigenvalue weighted by molar-refractivity contribution is -0.117. The highest BCUT2D eigenvalue weighted by Gasteiger charge is 2.31. The van der Waals surface area contributed by atoms with Crippen LogP contribution in [0.5, 0.6) is 0 Å². The number of azide groups is 1. The number of hydrogen-bond donors (Lipinski definition) is 0. The predicted molar refractivity (Wildman–Crippen MR) is 68.6 cm³/mol. The molecule has 0 radical (unpaired) electrons. The molecular weight excluding hydrogens is 303 g/mol. The molecule has 5 nitrogen and oxygen atoms in total. The smallest absolute Gasteiger partial charge is 0.227 e. The zero-order valence-corrected chi connectivity index (χ0v) is 11.0. The summed E-state index contributed by atoms with van der Waals surface area (Å²) in [6, 6.07) is 4.57. The third kappa shape index (κ3) is 2.47. The van der Waals surface area contributed by atoms with Crippen LogP contribution in [0.2, 0.25) is 0 Å². The monoisotopic (exact) mass is 312 g/mol. The van der Waals surface area contributed by atoms with Crippen molar-refractivity contribution >= 4 is 27.5 Å². The number of nitrogens with zero attached hydrogens (tertiary/aromatic N) is 4. The van der Waals surface area contributed by atoms with Gasteiger partial charge in [-0.05, 0) is 39.5 Å². The van der Waals surface area contributed by atoms with E-state index in [1.54, 1.807) is 12.1 Å². The van der Waals surface area contributed by atoms with Crippen molar-refractivity contribution in [2.24, 2.45) is 11.0 Å². The van der Waals surface area contributed by atoms with E-state index in [2.05, 4.69) is 26.0 Å². The molecule has 1 aromatic rings. The van der Waals surface area contributed by atoms with Crippen molar-refractivity contribution in [1.82, 2.24) is 0 Å².